The molecule has 6 heteroatoms. The molecule has 1 aromatic heterocycles. The lowest BCUT2D eigenvalue weighted by Crippen LogP contribution is -2.34. The van der Waals surface area contributed by atoms with E-state index < -0.39 is 10.0 Å². The molecule has 0 bridgehead atoms. The minimum Gasteiger partial charge on any atom is -0.207 e. The molecule has 0 atom stereocenters. The van der Waals surface area contributed by atoms with E-state index in [0.717, 1.165) is 11.3 Å². The summed E-state index contributed by atoms with van der Waals surface area (Å²) in [6, 6.07) is 12.9. The predicted octanol–water partition coefficient (Wildman–Crippen LogP) is 2.07. The molecule has 1 aromatic carbocycles. The smallest absolute Gasteiger partial charge is 0.207 e. The first-order valence-electron chi connectivity index (χ1n) is 6.17. The highest BCUT2D eigenvalue weighted by atomic mass is 32.2. The summed E-state index contributed by atoms with van der Waals surface area (Å²) in [6.45, 7) is 0. The molecule has 102 valence electrons. The van der Waals surface area contributed by atoms with Crippen LogP contribution in [-0.4, -0.2) is 14.5 Å². The highest BCUT2D eigenvalue weighted by Crippen LogP contribution is 2.25. The van der Waals surface area contributed by atoms with Crippen molar-refractivity contribution >= 4 is 21.4 Å². The first kappa shape index (κ1) is 13.3. The van der Waals surface area contributed by atoms with Crippen molar-refractivity contribution in [3.05, 3.63) is 52.4 Å². The maximum Gasteiger partial charge on any atom is 0.250 e. The zero-order valence-corrected chi connectivity index (χ0v) is 12.2. The fourth-order valence-electron chi connectivity index (χ4n) is 2.44. The SMILES string of the molecule is N#Cc1ccc(S(=O)(=O)NC2Cc3ccccc3C2)s1. The van der Waals surface area contributed by atoms with E-state index in [9.17, 15) is 8.42 Å². The molecule has 20 heavy (non-hydrogen) atoms. The molecule has 1 aliphatic rings. The Morgan fingerprint density at radius 1 is 1.15 bits per heavy atom. The van der Waals surface area contributed by atoms with E-state index in [2.05, 4.69) is 4.72 Å². The highest BCUT2D eigenvalue weighted by molar-refractivity contribution is 7.91. The molecule has 0 radical (unpaired) electrons. The maximum atomic E-state index is 12.3. The number of nitrogens with one attached hydrogen (secondary N) is 1. The van der Waals surface area contributed by atoms with Crippen LogP contribution in [0.15, 0.2) is 40.6 Å². The molecule has 2 aromatic rings. The van der Waals surface area contributed by atoms with Gasteiger partial charge < -0.3 is 0 Å². The van der Waals surface area contributed by atoms with Gasteiger partial charge in [-0.1, -0.05) is 24.3 Å². The Labute approximate surface area is 121 Å². The lowest BCUT2D eigenvalue weighted by molar-refractivity contribution is 0.557. The largest absolute Gasteiger partial charge is 0.250 e. The summed E-state index contributed by atoms with van der Waals surface area (Å²) in [4.78, 5) is 0.403. The molecule has 4 nitrogen and oxygen atoms in total. The van der Waals surface area contributed by atoms with Crippen LogP contribution >= 0.6 is 11.3 Å². The van der Waals surface area contributed by atoms with Gasteiger partial charge in [0.05, 0.1) is 0 Å². The second-order valence-electron chi connectivity index (χ2n) is 4.73. The van der Waals surface area contributed by atoms with Crippen molar-refractivity contribution in [1.29, 1.82) is 5.26 Å². The van der Waals surface area contributed by atoms with Gasteiger partial charge in [0.15, 0.2) is 0 Å². The van der Waals surface area contributed by atoms with Gasteiger partial charge in [-0.3, -0.25) is 0 Å². The number of rotatable bonds is 3. The summed E-state index contributed by atoms with van der Waals surface area (Å²) in [5.74, 6) is 0. The van der Waals surface area contributed by atoms with Gasteiger partial charge >= 0.3 is 0 Å². The van der Waals surface area contributed by atoms with E-state index in [1.165, 1.54) is 23.3 Å². The van der Waals surface area contributed by atoms with Crippen molar-refractivity contribution in [3.63, 3.8) is 0 Å². The monoisotopic (exact) mass is 304 g/mol. The van der Waals surface area contributed by atoms with Gasteiger partial charge in [0, 0.05) is 6.04 Å². The number of hydrogen-bond donors (Lipinski definition) is 1. The van der Waals surface area contributed by atoms with Crippen LogP contribution in [0.25, 0.3) is 0 Å². The Morgan fingerprint density at radius 3 is 2.35 bits per heavy atom. The second-order valence-corrected chi connectivity index (χ2v) is 7.75. The molecule has 0 saturated carbocycles. The van der Waals surface area contributed by atoms with Gasteiger partial charge in [0.1, 0.15) is 15.2 Å². The summed E-state index contributed by atoms with van der Waals surface area (Å²) >= 11 is 0.995. The third-order valence-corrected chi connectivity index (χ3v) is 6.33. The van der Waals surface area contributed by atoms with E-state index in [1.54, 1.807) is 0 Å². The van der Waals surface area contributed by atoms with Crippen molar-refractivity contribution in [2.24, 2.45) is 0 Å². The van der Waals surface area contributed by atoms with Gasteiger partial charge in [-0.15, -0.1) is 11.3 Å². The van der Waals surface area contributed by atoms with Crippen LogP contribution in [-0.2, 0) is 22.9 Å². The standard InChI is InChI=1S/C14H12N2O2S2/c15-9-13-5-6-14(19-13)20(17,18)16-12-7-10-3-1-2-4-11(10)8-12/h1-6,12,16H,7-8H2. The van der Waals surface area contributed by atoms with Crippen molar-refractivity contribution in [2.75, 3.05) is 0 Å². The van der Waals surface area contributed by atoms with E-state index in [0.29, 0.717) is 17.7 Å². The van der Waals surface area contributed by atoms with E-state index in [-0.39, 0.29) is 10.3 Å². The lowest BCUT2D eigenvalue weighted by atomic mass is 10.1. The maximum absolute atomic E-state index is 12.3. The molecule has 0 fully saturated rings. The third kappa shape index (κ3) is 2.48. The molecule has 0 unspecified atom stereocenters. The minimum atomic E-state index is -3.53. The molecule has 1 N–H and O–H groups in total. The zero-order chi connectivity index (χ0) is 14.2. The molecular weight excluding hydrogens is 292 g/mol. The highest BCUT2D eigenvalue weighted by Gasteiger charge is 2.27. The fraction of sp³-hybridized carbons (Fsp3) is 0.214. The molecule has 3 rings (SSSR count). The van der Waals surface area contributed by atoms with Crippen LogP contribution in [0.4, 0.5) is 0 Å². The number of fused-ring (bicyclic) bond motifs is 1. The summed E-state index contributed by atoms with van der Waals surface area (Å²) in [5.41, 5.74) is 2.40. The number of nitrogens with zero attached hydrogens (tertiary/aromatic N) is 1. The van der Waals surface area contributed by atoms with Gasteiger partial charge in [-0.2, -0.15) is 5.26 Å². The van der Waals surface area contributed by atoms with Crippen molar-refractivity contribution < 1.29 is 8.42 Å². The van der Waals surface area contributed by atoms with Crippen LogP contribution in [0.1, 0.15) is 16.0 Å². The summed E-state index contributed by atoms with van der Waals surface area (Å²) in [7, 11) is -3.53. The van der Waals surface area contributed by atoms with Gasteiger partial charge in [-0.05, 0) is 36.1 Å². The number of thiophene rings is 1. The van der Waals surface area contributed by atoms with Gasteiger partial charge in [0.2, 0.25) is 10.0 Å². The zero-order valence-electron chi connectivity index (χ0n) is 10.5. The molecule has 0 saturated heterocycles. The van der Waals surface area contributed by atoms with Gasteiger partial charge in [-0.25, -0.2) is 13.1 Å². The topological polar surface area (TPSA) is 70.0 Å². The van der Waals surface area contributed by atoms with E-state index in [4.69, 9.17) is 5.26 Å². The molecule has 0 aliphatic heterocycles. The van der Waals surface area contributed by atoms with Crippen LogP contribution in [0.2, 0.25) is 0 Å². The Hall–Kier alpha value is -1.68. The number of hydrogen-bond acceptors (Lipinski definition) is 4. The van der Waals surface area contributed by atoms with Crippen LogP contribution in [0, 0.1) is 11.3 Å². The van der Waals surface area contributed by atoms with Crippen LogP contribution in [0.5, 0.6) is 0 Å². The average molecular weight is 304 g/mol. The average Bonchev–Trinajstić information content (AvgIpc) is 3.04. The van der Waals surface area contributed by atoms with Crippen molar-refractivity contribution in [2.45, 2.75) is 23.1 Å². The van der Waals surface area contributed by atoms with Gasteiger partial charge in [0.25, 0.3) is 0 Å². The first-order chi connectivity index (χ1) is 9.58. The van der Waals surface area contributed by atoms with E-state index >= 15 is 0 Å². The third-order valence-electron chi connectivity index (χ3n) is 3.33. The summed E-state index contributed by atoms with van der Waals surface area (Å²) in [6.07, 6.45) is 1.43. The van der Waals surface area contributed by atoms with Crippen LogP contribution < -0.4 is 4.72 Å². The normalized spacial score (nSPS) is 14.9. The van der Waals surface area contributed by atoms with E-state index in [1.807, 2.05) is 30.3 Å². The Balaban J connectivity index is 1.77. The fourth-order valence-corrected chi connectivity index (χ4v) is 4.80. The molecular formula is C14H12N2O2S2. The summed E-state index contributed by atoms with van der Waals surface area (Å²) < 4.78 is 27.4. The number of sulfonamides is 1. The predicted molar refractivity (Wildman–Crippen MR) is 77.0 cm³/mol. The van der Waals surface area contributed by atoms with Crippen LogP contribution in [0.3, 0.4) is 0 Å². The lowest BCUT2D eigenvalue weighted by Gasteiger charge is -2.11. The number of nitriles is 1. The number of benzene rings is 1. The Bertz CT molecular complexity index is 763. The Kier molecular flexibility index (Phi) is 3.34. The molecule has 0 spiro atoms. The molecule has 1 heterocycles. The quantitative estimate of drug-likeness (QED) is 0.943. The summed E-state index contributed by atoms with van der Waals surface area (Å²) in [5, 5.41) is 8.76. The van der Waals surface area contributed by atoms with Crippen molar-refractivity contribution in [1.82, 2.24) is 4.72 Å². The first-order valence-corrected chi connectivity index (χ1v) is 8.47. The minimum absolute atomic E-state index is 0.106. The molecule has 1 aliphatic carbocycles. The van der Waals surface area contributed by atoms with Crippen molar-refractivity contribution in [3.8, 4) is 6.07 Å². The second kappa shape index (κ2) is 5.02. The Morgan fingerprint density at radius 2 is 1.80 bits per heavy atom. The molecule has 0 amide bonds.